The number of rotatable bonds is 3. The number of amides is 1. The molecule has 0 saturated carbocycles. The Hall–Kier alpha value is -3.22. The average Bonchev–Trinajstić information content (AvgIpc) is 2.64. The Kier molecular flexibility index (Phi) is 4.46. The van der Waals surface area contributed by atoms with Crippen molar-refractivity contribution >= 4 is 22.6 Å². The van der Waals surface area contributed by atoms with Crippen molar-refractivity contribution in [1.82, 2.24) is 14.1 Å². The third kappa shape index (κ3) is 2.81. The lowest BCUT2D eigenvalue weighted by Crippen LogP contribution is -2.39. The molecule has 0 unspecified atom stereocenters. The summed E-state index contributed by atoms with van der Waals surface area (Å²) in [5, 5.41) is 0.293. The molecule has 0 radical (unpaired) electrons. The van der Waals surface area contributed by atoms with Gasteiger partial charge in [0.05, 0.1) is 5.39 Å². The van der Waals surface area contributed by atoms with Crippen LogP contribution in [-0.4, -0.2) is 26.1 Å². The van der Waals surface area contributed by atoms with Gasteiger partial charge in [-0.2, -0.15) is 0 Å². The van der Waals surface area contributed by atoms with Crippen molar-refractivity contribution in [3.63, 3.8) is 0 Å². The molecule has 7 nitrogen and oxygen atoms in total. The van der Waals surface area contributed by atoms with E-state index in [4.69, 9.17) is 0 Å². The van der Waals surface area contributed by atoms with Gasteiger partial charge in [0, 0.05) is 25.8 Å². The molecule has 134 valence electrons. The van der Waals surface area contributed by atoms with Gasteiger partial charge in [-0.15, -0.1) is 0 Å². The molecule has 1 aromatic carbocycles. The lowest BCUT2D eigenvalue weighted by Gasteiger charge is -2.26. The van der Waals surface area contributed by atoms with Crippen LogP contribution in [0.2, 0.25) is 0 Å². The minimum Gasteiger partial charge on any atom is -0.305 e. The molecule has 0 saturated heterocycles. The van der Waals surface area contributed by atoms with Crippen molar-refractivity contribution in [2.24, 2.45) is 14.1 Å². The second kappa shape index (κ2) is 6.59. The van der Waals surface area contributed by atoms with Crippen LogP contribution in [0.4, 0.5) is 5.69 Å². The van der Waals surface area contributed by atoms with Gasteiger partial charge >= 0.3 is 5.69 Å². The Labute approximate surface area is 150 Å². The summed E-state index contributed by atoms with van der Waals surface area (Å²) in [7, 11) is 2.95. The Morgan fingerprint density at radius 3 is 2.27 bits per heavy atom. The summed E-state index contributed by atoms with van der Waals surface area (Å²) in [5.41, 5.74) is 0.216. The van der Waals surface area contributed by atoms with E-state index in [1.165, 1.54) is 24.7 Å². The molecule has 0 spiro atoms. The predicted octanol–water partition coefficient (Wildman–Crippen LogP) is 1.69. The van der Waals surface area contributed by atoms with Crippen molar-refractivity contribution in [1.29, 1.82) is 0 Å². The second-order valence-electron chi connectivity index (χ2n) is 6.38. The molecule has 0 aliphatic rings. The van der Waals surface area contributed by atoms with E-state index in [2.05, 4.69) is 4.98 Å². The van der Waals surface area contributed by atoms with Crippen LogP contribution in [-0.2, 0) is 14.1 Å². The number of aryl methyl sites for hydroxylation is 1. The smallest absolute Gasteiger partial charge is 0.305 e. The maximum Gasteiger partial charge on any atom is 0.332 e. The molecule has 3 rings (SSSR count). The number of fused-ring (bicyclic) bond motifs is 1. The lowest BCUT2D eigenvalue weighted by molar-refractivity contribution is 0.0975. The summed E-state index contributed by atoms with van der Waals surface area (Å²) >= 11 is 0. The van der Waals surface area contributed by atoms with Gasteiger partial charge in [0.25, 0.3) is 11.5 Å². The third-order valence-corrected chi connectivity index (χ3v) is 4.29. The molecule has 0 atom stereocenters. The van der Waals surface area contributed by atoms with Crippen LogP contribution >= 0.6 is 0 Å². The summed E-state index contributed by atoms with van der Waals surface area (Å²) in [6, 6.07) is 12.3. The van der Waals surface area contributed by atoms with Gasteiger partial charge in [0.15, 0.2) is 0 Å². The zero-order valence-corrected chi connectivity index (χ0v) is 15.1. The van der Waals surface area contributed by atoms with Crippen molar-refractivity contribution in [2.75, 3.05) is 4.90 Å². The first-order valence-corrected chi connectivity index (χ1v) is 8.28. The quantitative estimate of drug-likeness (QED) is 0.719. The molecule has 3 aromatic rings. The van der Waals surface area contributed by atoms with Crippen LogP contribution in [0.5, 0.6) is 0 Å². The highest BCUT2D eigenvalue weighted by Gasteiger charge is 2.23. The van der Waals surface area contributed by atoms with E-state index in [0.29, 0.717) is 5.39 Å². The molecule has 7 heteroatoms. The first-order valence-electron chi connectivity index (χ1n) is 8.28. The van der Waals surface area contributed by atoms with Crippen molar-refractivity contribution in [2.45, 2.75) is 19.9 Å². The van der Waals surface area contributed by atoms with Crippen LogP contribution in [0.3, 0.4) is 0 Å². The average molecular weight is 352 g/mol. The SMILES string of the molecule is CC(C)N(C(=O)c1ccc2c(=O)n(C)c(=O)n(C)c2n1)c1ccccc1. The van der Waals surface area contributed by atoms with Gasteiger partial charge < -0.3 is 4.90 Å². The molecule has 0 bridgehead atoms. The summed E-state index contributed by atoms with van der Waals surface area (Å²) < 4.78 is 2.30. The minimum atomic E-state index is -0.483. The first-order chi connectivity index (χ1) is 12.3. The second-order valence-corrected chi connectivity index (χ2v) is 6.38. The number of hydrogen-bond donors (Lipinski definition) is 0. The van der Waals surface area contributed by atoms with Crippen molar-refractivity contribution in [3.05, 3.63) is 69.0 Å². The molecular formula is C19H20N4O3. The van der Waals surface area contributed by atoms with E-state index in [-0.39, 0.29) is 23.3 Å². The van der Waals surface area contributed by atoms with Gasteiger partial charge in [-0.25, -0.2) is 9.78 Å². The zero-order chi connectivity index (χ0) is 19.0. The highest BCUT2D eigenvalue weighted by atomic mass is 16.2. The van der Waals surface area contributed by atoms with Crippen LogP contribution < -0.4 is 16.1 Å². The summed E-state index contributed by atoms with van der Waals surface area (Å²) in [6.07, 6.45) is 0. The van der Waals surface area contributed by atoms with Gasteiger partial charge in [0.2, 0.25) is 0 Å². The normalized spacial score (nSPS) is 11.1. The molecule has 0 fully saturated rings. The summed E-state index contributed by atoms with van der Waals surface area (Å²) in [5.74, 6) is -0.291. The molecule has 2 heterocycles. The van der Waals surface area contributed by atoms with Gasteiger partial charge in [-0.05, 0) is 38.1 Å². The fraction of sp³-hybridized carbons (Fsp3) is 0.263. The van der Waals surface area contributed by atoms with Gasteiger partial charge in [-0.1, -0.05) is 18.2 Å². The zero-order valence-electron chi connectivity index (χ0n) is 15.1. The molecule has 0 aliphatic carbocycles. The summed E-state index contributed by atoms with van der Waals surface area (Å²) in [4.78, 5) is 43.4. The topological polar surface area (TPSA) is 77.2 Å². The van der Waals surface area contributed by atoms with Crippen LogP contribution in [0.15, 0.2) is 52.1 Å². The molecule has 1 amide bonds. The number of carbonyl (C=O) groups excluding carboxylic acids is 1. The van der Waals surface area contributed by atoms with E-state index in [1.54, 1.807) is 11.0 Å². The fourth-order valence-electron chi connectivity index (χ4n) is 2.94. The molecule has 0 aliphatic heterocycles. The van der Waals surface area contributed by atoms with E-state index < -0.39 is 11.2 Å². The van der Waals surface area contributed by atoms with E-state index >= 15 is 0 Å². The highest BCUT2D eigenvalue weighted by Crippen LogP contribution is 2.19. The maximum atomic E-state index is 13.1. The number of para-hydroxylation sites is 1. The highest BCUT2D eigenvalue weighted by molar-refractivity contribution is 6.06. The number of benzene rings is 1. The van der Waals surface area contributed by atoms with E-state index in [9.17, 15) is 14.4 Å². The van der Waals surface area contributed by atoms with Gasteiger partial charge in [0.1, 0.15) is 11.3 Å². The molecule has 0 N–H and O–H groups in total. The molecular weight excluding hydrogens is 332 g/mol. The number of hydrogen-bond acceptors (Lipinski definition) is 4. The van der Waals surface area contributed by atoms with Crippen LogP contribution in [0.25, 0.3) is 11.0 Å². The monoisotopic (exact) mass is 352 g/mol. The Balaban J connectivity index is 2.17. The third-order valence-electron chi connectivity index (χ3n) is 4.29. The maximum absolute atomic E-state index is 13.1. The number of nitrogens with zero attached hydrogens (tertiary/aromatic N) is 4. The Morgan fingerprint density at radius 2 is 1.65 bits per heavy atom. The predicted molar refractivity (Wildman–Crippen MR) is 101 cm³/mol. The standard InChI is InChI=1S/C19H20N4O3/c1-12(2)23(13-8-6-5-7-9-13)18(25)15-11-10-14-16(20-15)21(3)19(26)22(4)17(14)24/h5-12H,1-4H3. The van der Waals surface area contributed by atoms with E-state index in [1.807, 2.05) is 44.2 Å². The first kappa shape index (κ1) is 17.6. The van der Waals surface area contributed by atoms with Crippen LogP contribution in [0.1, 0.15) is 24.3 Å². The number of pyridine rings is 1. The number of anilines is 1. The van der Waals surface area contributed by atoms with Crippen LogP contribution in [0, 0.1) is 0 Å². The Morgan fingerprint density at radius 1 is 1.00 bits per heavy atom. The lowest BCUT2D eigenvalue weighted by atomic mass is 10.2. The fourth-order valence-corrected chi connectivity index (χ4v) is 2.94. The molecule has 26 heavy (non-hydrogen) atoms. The molecule has 2 aromatic heterocycles. The minimum absolute atomic E-state index is 0.0881. The van der Waals surface area contributed by atoms with Crippen molar-refractivity contribution < 1.29 is 4.79 Å². The largest absolute Gasteiger partial charge is 0.332 e. The number of aromatic nitrogens is 3. The van der Waals surface area contributed by atoms with E-state index in [0.717, 1.165) is 10.3 Å². The Bertz CT molecular complexity index is 1100. The van der Waals surface area contributed by atoms with Crippen molar-refractivity contribution in [3.8, 4) is 0 Å². The van der Waals surface area contributed by atoms with Gasteiger partial charge in [-0.3, -0.25) is 18.7 Å². The summed E-state index contributed by atoms with van der Waals surface area (Å²) in [6.45, 7) is 3.83. The number of carbonyl (C=O) groups is 1.